The van der Waals surface area contributed by atoms with Crippen LogP contribution in [-0.4, -0.2) is 34.0 Å². The lowest BCUT2D eigenvalue weighted by Gasteiger charge is -2.22. The average molecular weight is 339 g/mol. The number of sulfonamides is 1. The third-order valence-electron chi connectivity index (χ3n) is 3.15. The van der Waals surface area contributed by atoms with Crippen LogP contribution in [0.1, 0.15) is 11.6 Å². The number of hydrogen-bond acceptors (Lipinski definition) is 3. The number of halogens is 1. The Morgan fingerprint density at radius 1 is 1.09 bits per heavy atom. The van der Waals surface area contributed by atoms with Gasteiger partial charge < -0.3 is 4.90 Å². The van der Waals surface area contributed by atoms with Gasteiger partial charge in [-0.3, -0.25) is 0 Å². The molecular weight excluding hydrogens is 320 g/mol. The molecule has 0 aromatic heterocycles. The van der Waals surface area contributed by atoms with Crippen molar-refractivity contribution in [2.24, 2.45) is 0 Å². The van der Waals surface area contributed by atoms with Gasteiger partial charge >= 0.3 is 0 Å². The number of likely N-dealkylation sites (N-methyl/N-ethyl adjacent to an activating group) is 1. The fraction of sp³-hybridized carbons (Fsp3) is 0.250. The second-order valence-corrected chi connectivity index (χ2v) is 7.45. The molecule has 2 aromatic rings. The van der Waals surface area contributed by atoms with E-state index in [1.807, 2.05) is 49.3 Å². The fourth-order valence-corrected chi connectivity index (χ4v) is 3.67. The van der Waals surface area contributed by atoms with E-state index in [0.29, 0.717) is 11.6 Å². The summed E-state index contributed by atoms with van der Waals surface area (Å²) in [4.78, 5) is 2.11. The Labute approximate surface area is 136 Å². The first-order chi connectivity index (χ1) is 10.4. The largest absolute Gasteiger partial charge is 0.307 e. The Hall–Kier alpha value is -1.40. The molecule has 0 aliphatic carbocycles. The van der Waals surface area contributed by atoms with Gasteiger partial charge in [0.1, 0.15) is 0 Å². The Kier molecular flexibility index (Phi) is 5.58. The number of rotatable bonds is 6. The summed E-state index contributed by atoms with van der Waals surface area (Å²) in [6.07, 6.45) is 0. The van der Waals surface area contributed by atoms with Crippen LogP contribution in [0, 0.1) is 0 Å². The van der Waals surface area contributed by atoms with E-state index in [0.717, 1.165) is 5.56 Å². The van der Waals surface area contributed by atoms with Crippen molar-refractivity contribution in [2.75, 3.05) is 20.6 Å². The van der Waals surface area contributed by atoms with Crippen molar-refractivity contribution >= 4 is 21.6 Å². The molecule has 1 unspecified atom stereocenters. The average Bonchev–Trinajstić information content (AvgIpc) is 2.47. The Morgan fingerprint density at radius 2 is 1.77 bits per heavy atom. The highest BCUT2D eigenvalue weighted by Crippen LogP contribution is 2.20. The summed E-state index contributed by atoms with van der Waals surface area (Å²) >= 11 is 5.89. The van der Waals surface area contributed by atoms with Crippen LogP contribution in [0.2, 0.25) is 5.02 Å². The molecule has 0 fully saturated rings. The highest BCUT2D eigenvalue weighted by atomic mass is 35.5. The van der Waals surface area contributed by atoms with Crippen LogP contribution < -0.4 is 4.72 Å². The lowest BCUT2D eigenvalue weighted by atomic mass is 10.1. The standard InChI is InChI=1S/C16H19ClN2O2S/c1-19(2)12-16(13-7-4-3-5-8-13)18-22(20,21)15-10-6-9-14(17)11-15/h3-11,16,18H,12H2,1-2H3. The van der Waals surface area contributed by atoms with Crippen molar-refractivity contribution in [1.29, 1.82) is 0 Å². The first-order valence-electron chi connectivity index (χ1n) is 6.86. The molecule has 22 heavy (non-hydrogen) atoms. The maximum absolute atomic E-state index is 12.6. The summed E-state index contributed by atoms with van der Waals surface area (Å²) in [5, 5.41) is 0.395. The molecule has 2 aromatic carbocycles. The van der Waals surface area contributed by atoms with Crippen molar-refractivity contribution in [1.82, 2.24) is 9.62 Å². The van der Waals surface area contributed by atoms with E-state index >= 15 is 0 Å². The SMILES string of the molecule is CN(C)CC(NS(=O)(=O)c1cccc(Cl)c1)c1ccccc1. The zero-order valence-electron chi connectivity index (χ0n) is 12.5. The van der Waals surface area contributed by atoms with Crippen LogP contribution in [0.5, 0.6) is 0 Å². The van der Waals surface area contributed by atoms with Crippen molar-refractivity contribution in [3.63, 3.8) is 0 Å². The molecule has 0 bridgehead atoms. The number of nitrogens with one attached hydrogen (secondary N) is 1. The molecular formula is C16H19ClN2O2S. The van der Waals surface area contributed by atoms with Gasteiger partial charge in [0.2, 0.25) is 10.0 Å². The molecule has 0 aliphatic heterocycles. The number of nitrogens with zero attached hydrogens (tertiary/aromatic N) is 1. The minimum atomic E-state index is -3.64. The molecule has 0 aliphatic rings. The van der Waals surface area contributed by atoms with Crippen LogP contribution in [-0.2, 0) is 10.0 Å². The van der Waals surface area contributed by atoms with Gasteiger partial charge in [0.25, 0.3) is 0 Å². The predicted molar refractivity (Wildman–Crippen MR) is 89.5 cm³/mol. The van der Waals surface area contributed by atoms with Gasteiger partial charge in [0.15, 0.2) is 0 Å². The molecule has 118 valence electrons. The maximum Gasteiger partial charge on any atom is 0.241 e. The second kappa shape index (κ2) is 7.24. The van der Waals surface area contributed by atoms with Crippen molar-refractivity contribution in [2.45, 2.75) is 10.9 Å². The summed E-state index contributed by atoms with van der Waals surface area (Å²) in [7, 11) is 0.176. The zero-order valence-corrected chi connectivity index (χ0v) is 14.1. The monoisotopic (exact) mass is 338 g/mol. The van der Waals surface area contributed by atoms with Crippen LogP contribution in [0.25, 0.3) is 0 Å². The van der Waals surface area contributed by atoms with Crippen molar-refractivity contribution < 1.29 is 8.42 Å². The third-order valence-corrected chi connectivity index (χ3v) is 4.86. The van der Waals surface area contributed by atoms with Crippen molar-refractivity contribution in [3.05, 3.63) is 65.2 Å². The molecule has 0 spiro atoms. The van der Waals surface area contributed by atoms with Crippen molar-refractivity contribution in [3.8, 4) is 0 Å². The van der Waals surface area contributed by atoms with Crippen LogP contribution in [0.15, 0.2) is 59.5 Å². The Bertz CT molecular complexity index is 718. The zero-order chi connectivity index (χ0) is 16.2. The smallest absolute Gasteiger partial charge is 0.241 e. The van der Waals surface area contributed by atoms with Gasteiger partial charge in [-0.15, -0.1) is 0 Å². The van der Waals surface area contributed by atoms with Gasteiger partial charge in [0, 0.05) is 11.6 Å². The maximum atomic E-state index is 12.6. The molecule has 0 heterocycles. The predicted octanol–water partition coefficient (Wildman–Crippen LogP) is 2.92. The summed E-state index contributed by atoms with van der Waals surface area (Å²) in [6, 6.07) is 15.4. The van der Waals surface area contributed by atoms with E-state index in [9.17, 15) is 8.42 Å². The number of benzene rings is 2. The minimum absolute atomic E-state index is 0.166. The highest BCUT2D eigenvalue weighted by molar-refractivity contribution is 7.89. The molecule has 2 rings (SSSR count). The molecule has 4 nitrogen and oxygen atoms in total. The van der Waals surface area contributed by atoms with Gasteiger partial charge in [0.05, 0.1) is 10.9 Å². The molecule has 0 saturated heterocycles. The summed E-state index contributed by atoms with van der Waals surface area (Å²) in [5.41, 5.74) is 0.918. The summed E-state index contributed by atoms with van der Waals surface area (Å²) < 4.78 is 27.9. The van der Waals surface area contributed by atoms with Gasteiger partial charge in [-0.05, 0) is 37.9 Å². The van der Waals surface area contributed by atoms with Crippen LogP contribution >= 0.6 is 11.6 Å². The van der Waals surface area contributed by atoms with E-state index in [-0.39, 0.29) is 10.9 Å². The molecule has 0 amide bonds. The quantitative estimate of drug-likeness (QED) is 0.881. The van der Waals surface area contributed by atoms with Gasteiger partial charge in [-0.2, -0.15) is 0 Å². The van der Waals surface area contributed by atoms with E-state index in [1.54, 1.807) is 12.1 Å². The first-order valence-corrected chi connectivity index (χ1v) is 8.72. The first kappa shape index (κ1) is 17.0. The summed E-state index contributed by atoms with van der Waals surface area (Å²) in [6.45, 7) is 0.559. The lowest BCUT2D eigenvalue weighted by molar-refractivity contribution is 0.363. The van der Waals surface area contributed by atoms with Gasteiger partial charge in [-0.25, -0.2) is 13.1 Å². The Balaban J connectivity index is 2.30. The number of hydrogen-bond donors (Lipinski definition) is 1. The van der Waals surface area contributed by atoms with E-state index in [1.165, 1.54) is 12.1 Å². The lowest BCUT2D eigenvalue weighted by Crippen LogP contribution is -2.35. The highest BCUT2D eigenvalue weighted by Gasteiger charge is 2.22. The molecule has 1 N–H and O–H groups in total. The molecule has 1 atom stereocenters. The normalized spacial score (nSPS) is 13.3. The third kappa shape index (κ3) is 4.55. The summed E-state index contributed by atoms with van der Waals surface area (Å²) in [5.74, 6) is 0. The molecule has 0 saturated carbocycles. The second-order valence-electron chi connectivity index (χ2n) is 5.30. The van der Waals surface area contributed by atoms with E-state index < -0.39 is 10.0 Å². The molecule has 0 radical (unpaired) electrons. The van der Waals surface area contributed by atoms with E-state index in [4.69, 9.17) is 11.6 Å². The Morgan fingerprint density at radius 3 is 2.36 bits per heavy atom. The fourth-order valence-electron chi connectivity index (χ4n) is 2.15. The minimum Gasteiger partial charge on any atom is -0.307 e. The van der Waals surface area contributed by atoms with Gasteiger partial charge in [-0.1, -0.05) is 48.0 Å². The van der Waals surface area contributed by atoms with Crippen LogP contribution in [0.4, 0.5) is 0 Å². The van der Waals surface area contributed by atoms with Crippen LogP contribution in [0.3, 0.4) is 0 Å². The topological polar surface area (TPSA) is 49.4 Å². The molecule has 6 heteroatoms. The van der Waals surface area contributed by atoms with E-state index in [2.05, 4.69) is 4.72 Å².